The van der Waals surface area contributed by atoms with Crippen LogP contribution in [-0.2, 0) is 143 Å². The van der Waals surface area contributed by atoms with Crippen LogP contribution >= 0.6 is 0 Å². The number of hydrogen-bond acceptors (Lipinski definition) is 2. The molecule has 4 rings (SSSR count). The smallest absolute Gasteiger partial charge is 0.164 e. The molecule has 0 saturated carbocycles. The Balaban J connectivity index is 0.00000156. The fourth-order valence-electron chi connectivity index (χ4n) is 4.40. The van der Waals surface area contributed by atoms with Gasteiger partial charge in [0.05, 0.1) is 33.9 Å². The zero-order valence-electron chi connectivity index (χ0n) is 16.3. The van der Waals surface area contributed by atoms with Gasteiger partial charge >= 0.3 is 0 Å². The van der Waals surface area contributed by atoms with Crippen LogP contribution in [0.1, 0.15) is 30.9 Å². The van der Waals surface area contributed by atoms with Crippen molar-refractivity contribution in [1.82, 2.24) is 0 Å². The van der Waals surface area contributed by atoms with Gasteiger partial charge in [-0.3, -0.25) is 0 Å². The molecule has 0 amide bonds. The van der Waals surface area contributed by atoms with Crippen molar-refractivity contribution in [2.45, 2.75) is 37.8 Å². The van der Waals surface area contributed by atoms with E-state index in [4.69, 9.17) is 9.47 Å². The number of quaternary nitrogens is 1. The Morgan fingerprint density at radius 3 is 2.54 bits per heavy atom. The molecular formula is C19H25NO2Y4. The molecule has 2 atom stereocenters. The Kier molecular flexibility index (Phi) is 12.1. The molecule has 3 aliphatic rings. The molecule has 1 spiro atoms. The van der Waals surface area contributed by atoms with Crippen LogP contribution < -0.4 is 9.47 Å². The van der Waals surface area contributed by atoms with Gasteiger partial charge in [-0.1, -0.05) is 6.42 Å². The number of ether oxygens (including phenoxy) is 2. The van der Waals surface area contributed by atoms with Gasteiger partial charge in [-0.05, 0) is 24.0 Å². The summed E-state index contributed by atoms with van der Waals surface area (Å²) >= 11 is 0. The van der Waals surface area contributed by atoms with Crippen LogP contribution in [-0.4, -0.2) is 38.3 Å². The Hall–Kier alpha value is 2.81. The second-order valence-electron chi connectivity index (χ2n) is 7.73. The standard InChI is InChI=1S/C19H25NO2.4Y/c1-13-7-8-19-9-10-20(2,3)12-14-5-6-15(21-4)18(17(14)19)22-16(19)11-13;;;;/h5-8,16H,9-12H2,1-4H3;;;;. The first-order chi connectivity index (χ1) is 10.5. The minimum absolute atomic E-state index is 0. The van der Waals surface area contributed by atoms with E-state index in [-0.39, 0.29) is 142 Å². The first-order valence-corrected chi connectivity index (χ1v) is 8.16. The molecule has 2 heterocycles. The van der Waals surface area contributed by atoms with Crippen molar-refractivity contribution < 1.29 is 145 Å². The molecule has 0 saturated heterocycles. The van der Waals surface area contributed by atoms with Crippen molar-refractivity contribution in [2.75, 3.05) is 27.7 Å². The van der Waals surface area contributed by atoms with Crippen LogP contribution in [0.2, 0.25) is 0 Å². The number of hydrogen-bond donors (Lipinski definition) is 0. The van der Waals surface area contributed by atoms with Gasteiger partial charge in [-0.15, -0.1) is 6.92 Å². The SMILES string of the molecule is COc1ccc2c3c1OC1C[C-](C)C=CC31CC[N+](C)(C)C2.[Y].[Y].[Y].[Y]. The third kappa shape index (κ3) is 4.99. The van der Waals surface area contributed by atoms with E-state index in [1.807, 2.05) is 0 Å². The minimum Gasteiger partial charge on any atom is -0.493 e. The molecule has 130 valence electrons. The number of rotatable bonds is 1. The molecule has 1 aliphatic carbocycles. The maximum atomic E-state index is 6.44. The first-order valence-electron chi connectivity index (χ1n) is 8.16. The predicted molar refractivity (Wildman–Crippen MR) is 87.1 cm³/mol. The summed E-state index contributed by atoms with van der Waals surface area (Å²) in [4.78, 5) is 0. The Labute approximate surface area is 258 Å². The summed E-state index contributed by atoms with van der Waals surface area (Å²) in [6.07, 6.45) is 7.10. The molecule has 4 radical (unpaired) electrons. The summed E-state index contributed by atoms with van der Waals surface area (Å²) < 4.78 is 13.1. The summed E-state index contributed by atoms with van der Waals surface area (Å²) in [7, 11) is 6.39. The van der Waals surface area contributed by atoms with E-state index in [0.29, 0.717) is 0 Å². The first kappa shape index (κ1) is 28.8. The molecular weight excluding hydrogens is 630 g/mol. The van der Waals surface area contributed by atoms with E-state index in [1.54, 1.807) is 7.11 Å². The molecule has 0 aromatic heterocycles. The van der Waals surface area contributed by atoms with Gasteiger partial charge < -0.3 is 14.0 Å². The van der Waals surface area contributed by atoms with Gasteiger partial charge in [0.2, 0.25) is 0 Å². The van der Waals surface area contributed by atoms with E-state index < -0.39 is 0 Å². The maximum absolute atomic E-state index is 6.44. The third-order valence-corrected chi connectivity index (χ3v) is 5.63. The molecule has 0 fully saturated rings. The topological polar surface area (TPSA) is 18.5 Å². The van der Waals surface area contributed by atoms with Crippen LogP contribution in [0.3, 0.4) is 0 Å². The van der Waals surface area contributed by atoms with Gasteiger partial charge in [0.1, 0.15) is 6.54 Å². The molecule has 2 unspecified atom stereocenters. The zero-order valence-corrected chi connectivity index (χ0v) is 27.6. The minimum atomic E-state index is 0. The average Bonchev–Trinajstić information content (AvgIpc) is 2.74. The van der Waals surface area contributed by atoms with Crippen LogP contribution in [0.25, 0.3) is 0 Å². The molecule has 0 N–H and O–H groups in total. The second-order valence-corrected chi connectivity index (χ2v) is 7.73. The Morgan fingerprint density at radius 1 is 1.19 bits per heavy atom. The van der Waals surface area contributed by atoms with Crippen LogP contribution in [0, 0.1) is 5.92 Å². The molecule has 2 aliphatic heterocycles. The van der Waals surface area contributed by atoms with Crippen molar-refractivity contribution in [2.24, 2.45) is 0 Å². The van der Waals surface area contributed by atoms with Crippen molar-refractivity contribution in [3.05, 3.63) is 41.3 Å². The molecule has 1 aromatic rings. The average molecular weight is 655 g/mol. The Morgan fingerprint density at radius 2 is 1.88 bits per heavy atom. The fraction of sp³-hybridized carbons (Fsp3) is 0.526. The molecule has 1 aromatic carbocycles. The molecule has 0 bridgehead atoms. The maximum Gasteiger partial charge on any atom is 0.164 e. The number of nitrogens with zero attached hydrogens (tertiary/aromatic N) is 1. The fourth-order valence-corrected chi connectivity index (χ4v) is 4.40. The van der Waals surface area contributed by atoms with Crippen LogP contribution in [0.5, 0.6) is 11.5 Å². The van der Waals surface area contributed by atoms with E-state index >= 15 is 0 Å². The molecule has 26 heavy (non-hydrogen) atoms. The number of methoxy groups -OCH3 is 1. The van der Waals surface area contributed by atoms with Crippen molar-refractivity contribution in [3.63, 3.8) is 0 Å². The predicted octanol–water partition coefficient (Wildman–Crippen LogP) is 3.22. The second kappa shape index (κ2) is 10.9. The molecule has 7 heteroatoms. The Bertz CT molecular complexity index is 665. The number of allylic oxidation sites excluding steroid dienone is 1. The van der Waals surface area contributed by atoms with Crippen LogP contribution in [0.15, 0.2) is 24.3 Å². The van der Waals surface area contributed by atoms with Gasteiger partial charge in [0.15, 0.2) is 11.5 Å². The van der Waals surface area contributed by atoms with E-state index in [0.717, 1.165) is 35.4 Å². The summed E-state index contributed by atoms with van der Waals surface area (Å²) in [5.74, 6) is 3.28. The quantitative estimate of drug-likeness (QED) is 0.342. The van der Waals surface area contributed by atoms with Gasteiger partial charge in [0.25, 0.3) is 0 Å². The third-order valence-electron chi connectivity index (χ3n) is 5.63. The van der Waals surface area contributed by atoms with E-state index in [9.17, 15) is 0 Å². The van der Waals surface area contributed by atoms with Crippen molar-refractivity contribution in [1.29, 1.82) is 0 Å². The normalized spacial score (nSPS) is 26.3. The van der Waals surface area contributed by atoms with Crippen molar-refractivity contribution >= 4 is 0 Å². The monoisotopic (exact) mass is 655 g/mol. The van der Waals surface area contributed by atoms with Crippen LogP contribution in [0.4, 0.5) is 0 Å². The van der Waals surface area contributed by atoms with E-state index in [1.165, 1.54) is 23.6 Å². The van der Waals surface area contributed by atoms with Gasteiger partial charge in [0, 0.05) is 142 Å². The van der Waals surface area contributed by atoms with Crippen molar-refractivity contribution in [3.8, 4) is 11.5 Å². The summed E-state index contributed by atoms with van der Waals surface area (Å²) in [6, 6.07) is 4.32. The zero-order chi connectivity index (χ0) is 15.5. The van der Waals surface area contributed by atoms with Gasteiger partial charge in [-0.25, -0.2) is 18.1 Å². The largest absolute Gasteiger partial charge is 0.493 e. The summed E-state index contributed by atoms with van der Waals surface area (Å²) in [5.41, 5.74) is 2.85. The summed E-state index contributed by atoms with van der Waals surface area (Å²) in [5, 5.41) is 0. The summed E-state index contributed by atoms with van der Waals surface area (Å²) in [6.45, 7) is 4.42. The molecule has 3 nitrogen and oxygen atoms in total. The van der Waals surface area contributed by atoms with Gasteiger partial charge in [-0.2, -0.15) is 0 Å². The number of benzene rings is 1. The van der Waals surface area contributed by atoms with E-state index in [2.05, 4.69) is 45.3 Å².